The van der Waals surface area contributed by atoms with Gasteiger partial charge in [-0.3, -0.25) is 14.8 Å². The van der Waals surface area contributed by atoms with E-state index in [4.69, 9.17) is 10.8 Å². The summed E-state index contributed by atoms with van der Waals surface area (Å²) >= 11 is 0. The molecule has 0 fully saturated rings. The average Bonchev–Trinajstić information content (AvgIpc) is 2.22. The molecule has 6 N–H and O–H groups in total. The fourth-order valence-electron chi connectivity index (χ4n) is 1.71. The second-order valence-corrected chi connectivity index (χ2v) is 6.38. The molecule has 0 aliphatic rings. The predicted molar refractivity (Wildman–Crippen MR) is 58.7 cm³/mol. The van der Waals surface area contributed by atoms with E-state index in [1.54, 1.807) is 0 Å². The molecular weight excluding hydrogens is 267 g/mol. The molecule has 10 heteroatoms. The zero-order chi connectivity index (χ0) is 14.8. The molecular formula is C8H19N2O7P. The predicted octanol–water partition coefficient (Wildman–Crippen LogP) is -3.65. The zero-order valence-electron chi connectivity index (χ0n) is 10.2. The van der Waals surface area contributed by atoms with Gasteiger partial charge < -0.3 is 29.9 Å². The number of carboxylic acids is 1. The number of nitrogens with zero attached hydrogens (tertiary/aromatic N) is 1. The number of carboxylic acid groups (broad SMARTS) is 1. The van der Waals surface area contributed by atoms with E-state index in [9.17, 15) is 29.4 Å². The number of hydrogen-bond donors (Lipinski definition) is 5. The average molecular weight is 286 g/mol. The number of likely N-dealkylation sites (N-methyl/N-ethyl adjacent to an activating group) is 1. The lowest BCUT2D eigenvalue weighted by atomic mass is 10.1. The van der Waals surface area contributed by atoms with Gasteiger partial charge in [0.25, 0.3) is 0 Å². The van der Waals surface area contributed by atoms with E-state index in [2.05, 4.69) is 0 Å². The lowest BCUT2D eigenvalue weighted by Crippen LogP contribution is -2.69. The number of quaternary nitrogens is 1. The molecule has 0 saturated carbocycles. The smallest absolute Gasteiger partial charge is 0.391 e. The first-order valence-corrected chi connectivity index (χ1v) is 6.66. The van der Waals surface area contributed by atoms with Crippen LogP contribution in [0.3, 0.4) is 0 Å². The molecule has 0 spiro atoms. The minimum atomic E-state index is -5.21. The van der Waals surface area contributed by atoms with E-state index in [1.165, 1.54) is 14.1 Å². The number of rotatable bonds is 7. The Morgan fingerprint density at radius 2 is 1.94 bits per heavy atom. The van der Waals surface area contributed by atoms with Crippen LogP contribution >= 0.6 is 7.60 Å². The number of aliphatic hydroxyl groups is 2. The van der Waals surface area contributed by atoms with Crippen molar-refractivity contribution in [3.05, 3.63) is 0 Å². The minimum Gasteiger partial charge on any atom is -0.543 e. The Kier molecular flexibility index (Phi) is 5.45. The van der Waals surface area contributed by atoms with Crippen LogP contribution in [0.25, 0.3) is 0 Å². The monoisotopic (exact) mass is 286 g/mol. The summed E-state index contributed by atoms with van der Waals surface area (Å²) in [6.07, 6.45) is -2.49. The van der Waals surface area contributed by atoms with Crippen molar-refractivity contribution in [2.45, 2.75) is 17.8 Å². The summed E-state index contributed by atoms with van der Waals surface area (Å²) in [6.45, 7) is -1.24. The van der Waals surface area contributed by atoms with Crippen molar-refractivity contribution in [3.8, 4) is 0 Å². The van der Waals surface area contributed by atoms with E-state index in [1.807, 2.05) is 0 Å². The topological polar surface area (TPSA) is 164 Å². The van der Waals surface area contributed by atoms with E-state index in [0.717, 1.165) is 0 Å². The van der Waals surface area contributed by atoms with Gasteiger partial charge in [0.05, 0.1) is 26.8 Å². The van der Waals surface area contributed by atoms with Crippen molar-refractivity contribution < 1.29 is 38.9 Å². The lowest BCUT2D eigenvalue weighted by molar-refractivity contribution is -0.921. The van der Waals surface area contributed by atoms with Crippen LogP contribution in [0.2, 0.25) is 0 Å². The van der Waals surface area contributed by atoms with Gasteiger partial charge in [0.2, 0.25) is 5.28 Å². The van der Waals surface area contributed by atoms with Crippen LogP contribution in [0, 0.1) is 0 Å². The molecule has 0 heterocycles. The quantitative estimate of drug-likeness (QED) is 0.181. The van der Waals surface area contributed by atoms with Gasteiger partial charge in [-0.1, -0.05) is 0 Å². The Hall–Kier alpha value is -0.540. The third-order valence-corrected chi connectivity index (χ3v) is 4.87. The van der Waals surface area contributed by atoms with Crippen LogP contribution in [-0.4, -0.2) is 69.2 Å². The van der Waals surface area contributed by atoms with E-state index < -0.39 is 49.1 Å². The highest BCUT2D eigenvalue weighted by atomic mass is 31.2. The Morgan fingerprint density at radius 1 is 1.50 bits per heavy atom. The zero-order valence-corrected chi connectivity index (χ0v) is 11.1. The van der Waals surface area contributed by atoms with Crippen LogP contribution in [0.15, 0.2) is 0 Å². The third-order valence-electron chi connectivity index (χ3n) is 3.00. The summed E-state index contributed by atoms with van der Waals surface area (Å²) in [5.41, 5.74) is 5.34. The third kappa shape index (κ3) is 2.89. The number of nitrogens with two attached hydrogens (primary N) is 1. The molecule has 2 atom stereocenters. The molecule has 0 radical (unpaired) electrons. The molecule has 2 unspecified atom stereocenters. The highest BCUT2D eigenvalue weighted by Crippen LogP contribution is 2.56. The largest absolute Gasteiger partial charge is 0.543 e. The Morgan fingerprint density at radius 3 is 2.17 bits per heavy atom. The molecule has 9 nitrogen and oxygen atoms in total. The fourth-order valence-corrected chi connectivity index (χ4v) is 3.19. The van der Waals surface area contributed by atoms with Crippen molar-refractivity contribution in [1.82, 2.24) is 0 Å². The SMILES string of the molecule is C[N+](C)(CN)C(CC(O)CO)(C(=O)[O-])P(=O)(O)O. The first-order chi connectivity index (χ1) is 7.96. The van der Waals surface area contributed by atoms with Crippen molar-refractivity contribution >= 4 is 13.6 Å². The summed E-state index contributed by atoms with van der Waals surface area (Å²) in [5, 5.41) is 26.6. The first-order valence-electron chi connectivity index (χ1n) is 5.05. The van der Waals surface area contributed by atoms with Gasteiger partial charge in [0, 0.05) is 6.42 Å². The Balaban J connectivity index is 5.92. The van der Waals surface area contributed by atoms with Gasteiger partial charge in [0.1, 0.15) is 12.6 Å². The maximum atomic E-state index is 11.6. The van der Waals surface area contributed by atoms with Crippen LogP contribution in [0.1, 0.15) is 6.42 Å². The van der Waals surface area contributed by atoms with E-state index >= 15 is 0 Å². The number of aliphatic hydroxyl groups excluding tert-OH is 2. The van der Waals surface area contributed by atoms with Gasteiger partial charge in [-0.15, -0.1) is 0 Å². The summed E-state index contributed by atoms with van der Waals surface area (Å²) in [5.74, 6) is -2.03. The maximum absolute atomic E-state index is 11.6. The molecule has 0 aliphatic carbocycles. The summed E-state index contributed by atoms with van der Waals surface area (Å²) in [6, 6.07) is 0. The van der Waals surface area contributed by atoms with E-state index in [-0.39, 0.29) is 0 Å². The fraction of sp³-hybridized carbons (Fsp3) is 0.875. The van der Waals surface area contributed by atoms with Gasteiger partial charge in [-0.2, -0.15) is 0 Å². The van der Waals surface area contributed by atoms with Crippen molar-refractivity contribution in [2.24, 2.45) is 5.73 Å². The van der Waals surface area contributed by atoms with Gasteiger partial charge >= 0.3 is 7.60 Å². The van der Waals surface area contributed by atoms with Crippen LogP contribution < -0.4 is 10.8 Å². The maximum Gasteiger partial charge on any atom is 0.391 e. The Labute approximate surface area is 104 Å². The molecule has 0 aromatic carbocycles. The standard InChI is InChI=1S/C8H19N2O7P/c1-10(2,5-9)8(7(13)14,18(15,16)17)3-6(12)4-11/h6,11-12H,3-5,9H2,1-2H3,(H2-,13,14,15,16,17). The minimum absolute atomic E-state index is 0.406. The summed E-state index contributed by atoms with van der Waals surface area (Å²) < 4.78 is 10.8. The molecule has 18 heavy (non-hydrogen) atoms. The van der Waals surface area contributed by atoms with Gasteiger partial charge in [-0.05, 0) is 0 Å². The van der Waals surface area contributed by atoms with Crippen molar-refractivity contribution in [1.29, 1.82) is 0 Å². The second kappa shape index (κ2) is 5.62. The van der Waals surface area contributed by atoms with E-state index in [0.29, 0.717) is 0 Å². The lowest BCUT2D eigenvalue weighted by Gasteiger charge is -2.48. The molecule has 0 bridgehead atoms. The molecule has 0 aromatic rings. The number of hydrogen-bond acceptors (Lipinski definition) is 6. The summed E-state index contributed by atoms with van der Waals surface area (Å²) in [7, 11) is -2.82. The molecule has 0 saturated heterocycles. The molecule has 108 valence electrons. The molecule has 0 aromatic heterocycles. The normalized spacial score (nSPS) is 18.2. The van der Waals surface area contributed by atoms with Crippen molar-refractivity contribution in [2.75, 3.05) is 27.4 Å². The second-order valence-electron chi connectivity index (χ2n) is 4.56. The summed E-state index contributed by atoms with van der Waals surface area (Å²) in [4.78, 5) is 29.9. The highest BCUT2D eigenvalue weighted by Gasteiger charge is 2.61. The van der Waals surface area contributed by atoms with Gasteiger partial charge in [0.15, 0.2) is 0 Å². The van der Waals surface area contributed by atoms with Gasteiger partial charge in [-0.25, -0.2) is 0 Å². The molecule has 0 aliphatic heterocycles. The first kappa shape index (κ1) is 17.5. The number of carbonyl (C=O) groups is 1. The van der Waals surface area contributed by atoms with Crippen LogP contribution in [0.4, 0.5) is 0 Å². The molecule has 0 amide bonds. The number of carbonyl (C=O) groups excluding carboxylic acids is 1. The highest BCUT2D eigenvalue weighted by molar-refractivity contribution is 7.54. The van der Waals surface area contributed by atoms with Crippen molar-refractivity contribution in [3.63, 3.8) is 0 Å². The molecule has 0 rings (SSSR count). The number of aliphatic carboxylic acids is 1. The Bertz CT molecular complexity index is 355. The van der Waals surface area contributed by atoms with Crippen LogP contribution in [-0.2, 0) is 9.36 Å². The van der Waals surface area contributed by atoms with Crippen LogP contribution in [0.5, 0.6) is 0 Å².